The monoisotopic (exact) mass is 523 g/mol. The van der Waals surface area contributed by atoms with E-state index in [-0.39, 0.29) is 18.5 Å². The Morgan fingerprint density at radius 3 is 2.41 bits per heavy atom. The highest BCUT2D eigenvalue weighted by Gasteiger charge is 2.23. The van der Waals surface area contributed by atoms with Gasteiger partial charge in [0, 0.05) is 31.5 Å². The van der Waals surface area contributed by atoms with Crippen LogP contribution >= 0.6 is 0 Å². The van der Waals surface area contributed by atoms with E-state index in [9.17, 15) is 8.42 Å². The molecule has 11 heteroatoms. The molecule has 0 saturated carbocycles. The molecule has 2 heterocycles. The molecule has 0 atom stereocenters. The van der Waals surface area contributed by atoms with Crippen molar-refractivity contribution in [2.45, 2.75) is 39.3 Å². The number of likely N-dealkylation sites (tertiary alicyclic amines) is 1. The molecule has 4 N–H and O–H groups in total. The Kier molecular flexibility index (Phi) is 7.53. The van der Waals surface area contributed by atoms with E-state index < -0.39 is 10.0 Å². The number of nitrogens with zero attached hydrogens (tertiary/aromatic N) is 4. The fraction of sp³-hybridized carbons (Fsp3) is 0.346. The third kappa shape index (κ3) is 6.29. The topological polar surface area (TPSA) is 141 Å². The molecule has 0 amide bonds. The van der Waals surface area contributed by atoms with Crippen molar-refractivity contribution in [3.8, 4) is 11.4 Å². The highest BCUT2D eigenvalue weighted by atomic mass is 32.2. The number of ether oxygens (including phenoxy) is 1. The molecule has 0 aliphatic carbocycles. The summed E-state index contributed by atoms with van der Waals surface area (Å²) in [5.41, 5.74) is 8.84. The van der Waals surface area contributed by atoms with Crippen LogP contribution in [0.1, 0.15) is 36.7 Å². The standard InChI is InChI=1S/C26H33N7O3S/c1-18-15-23(33(30-18)22-6-4-5-20(16-22)26(28)29)17-32(37(3,34)35)21-7-9-24(10-8-21)36-25-11-13-31(14-12-25)19(2)27/h4-10,15-16,25,27H,11-14,17H2,1-3H3,(H3,28,29). The Bertz CT molecular complexity index is 1390. The van der Waals surface area contributed by atoms with Crippen LogP contribution in [0, 0.1) is 17.7 Å². The second kappa shape index (κ2) is 10.6. The predicted octanol–water partition coefficient (Wildman–Crippen LogP) is 3.27. The molecular weight excluding hydrogens is 490 g/mol. The Balaban J connectivity index is 1.54. The molecule has 0 radical (unpaired) electrons. The van der Waals surface area contributed by atoms with Crippen molar-refractivity contribution in [2.24, 2.45) is 5.73 Å². The predicted molar refractivity (Wildman–Crippen MR) is 145 cm³/mol. The number of rotatable bonds is 8. The molecule has 4 rings (SSSR count). The maximum absolute atomic E-state index is 12.8. The number of amidine groups is 2. The van der Waals surface area contributed by atoms with Gasteiger partial charge in [0.05, 0.1) is 41.4 Å². The van der Waals surface area contributed by atoms with Gasteiger partial charge in [0.2, 0.25) is 10.0 Å². The summed E-state index contributed by atoms with van der Waals surface area (Å²) in [6.45, 7) is 5.31. The Labute approximate surface area is 217 Å². The van der Waals surface area contributed by atoms with Gasteiger partial charge in [0.1, 0.15) is 17.7 Å². The second-order valence-corrected chi connectivity index (χ2v) is 11.2. The lowest BCUT2D eigenvalue weighted by atomic mass is 10.1. The van der Waals surface area contributed by atoms with Crippen LogP contribution in [0.15, 0.2) is 54.6 Å². The van der Waals surface area contributed by atoms with Crippen molar-refractivity contribution in [1.82, 2.24) is 14.7 Å². The van der Waals surface area contributed by atoms with E-state index in [4.69, 9.17) is 21.3 Å². The number of piperidine rings is 1. The van der Waals surface area contributed by atoms with Crippen LogP contribution in [0.4, 0.5) is 5.69 Å². The minimum absolute atomic E-state index is 0.0530. The summed E-state index contributed by atoms with van der Waals surface area (Å²) in [6.07, 6.45) is 2.92. The van der Waals surface area contributed by atoms with Crippen LogP contribution in [0.3, 0.4) is 0 Å². The van der Waals surface area contributed by atoms with Gasteiger partial charge < -0.3 is 15.4 Å². The lowest BCUT2D eigenvalue weighted by molar-refractivity contribution is 0.130. The zero-order valence-corrected chi connectivity index (χ0v) is 22.1. The summed E-state index contributed by atoms with van der Waals surface area (Å²) >= 11 is 0. The average molecular weight is 524 g/mol. The molecular formula is C26H33N7O3S. The maximum Gasteiger partial charge on any atom is 0.232 e. The molecule has 1 fully saturated rings. The summed E-state index contributed by atoms with van der Waals surface area (Å²) in [4.78, 5) is 2.04. The SMILES string of the molecule is CC(=N)N1CCC(Oc2ccc(N(Cc3cc(C)nn3-c3cccc(C(=N)N)c3)S(C)(=O)=O)cc2)CC1. The molecule has 1 saturated heterocycles. The lowest BCUT2D eigenvalue weighted by Crippen LogP contribution is -2.40. The first-order valence-electron chi connectivity index (χ1n) is 12.1. The zero-order valence-electron chi connectivity index (χ0n) is 21.3. The Hall–Kier alpha value is -3.86. The first-order chi connectivity index (χ1) is 17.5. The first kappa shape index (κ1) is 26.2. The number of hydrogen-bond acceptors (Lipinski definition) is 6. The van der Waals surface area contributed by atoms with Crippen LogP contribution in [0.2, 0.25) is 0 Å². The molecule has 10 nitrogen and oxygen atoms in total. The third-order valence-corrected chi connectivity index (χ3v) is 7.50. The highest BCUT2D eigenvalue weighted by Crippen LogP contribution is 2.27. The van der Waals surface area contributed by atoms with Crippen LogP contribution in [0.25, 0.3) is 5.69 Å². The number of sulfonamides is 1. The van der Waals surface area contributed by atoms with Gasteiger partial charge in [-0.25, -0.2) is 13.1 Å². The molecule has 0 spiro atoms. The van der Waals surface area contributed by atoms with Crippen molar-refractivity contribution in [2.75, 3.05) is 23.7 Å². The fourth-order valence-corrected chi connectivity index (χ4v) is 5.31. The summed E-state index contributed by atoms with van der Waals surface area (Å²) in [7, 11) is -3.61. The molecule has 37 heavy (non-hydrogen) atoms. The Morgan fingerprint density at radius 2 is 1.81 bits per heavy atom. The fourth-order valence-electron chi connectivity index (χ4n) is 4.43. The third-order valence-electron chi connectivity index (χ3n) is 6.36. The van der Waals surface area contributed by atoms with E-state index in [1.807, 2.05) is 24.0 Å². The number of anilines is 1. The lowest BCUT2D eigenvalue weighted by Gasteiger charge is -2.32. The molecule has 1 aliphatic heterocycles. The number of hydrogen-bond donors (Lipinski definition) is 3. The van der Waals surface area contributed by atoms with E-state index >= 15 is 0 Å². The normalized spacial score (nSPS) is 14.4. The van der Waals surface area contributed by atoms with E-state index in [0.717, 1.165) is 31.6 Å². The maximum atomic E-state index is 12.8. The van der Waals surface area contributed by atoms with Gasteiger partial charge in [-0.3, -0.25) is 15.1 Å². The van der Waals surface area contributed by atoms with Crippen molar-refractivity contribution in [3.63, 3.8) is 0 Å². The average Bonchev–Trinajstić information content (AvgIpc) is 3.23. The number of aryl methyl sites for hydroxylation is 1. The summed E-state index contributed by atoms with van der Waals surface area (Å²) < 4.78 is 34.8. The molecule has 0 bridgehead atoms. The zero-order chi connectivity index (χ0) is 26.7. The molecule has 1 aliphatic rings. The molecule has 0 unspecified atom stereocenters. The summed E-state index contributed by atoms with van der Waals surface area (Å²) in [6, 6.07) is 16.0. The van der Waals surface area contributed by atoms with E-state index in [0.29, 0.717) is 34.2 Å². The van der Waals surface area contributed by atoms with Gasteiger partial charge >= 0.3 is 0 Å². The van der Waals surface area contributed by atoms with Gasteiger partial charge in [-0.05, 0) is 56.3 Å². The first-order valence-corrected chi connectivity index (χ1v) is 13.9. The Morgan fingerprint density at radius 1 is 1.14 bits per heavy atom. The summed E-state index contributed by atoms with van der Waals surface area (Å²) in [5.74, 6) is 1.21. The summed E-state index contributed by atoms with van der Waals surface area (Å²) in [5, 5.41) is 20.0. The van der Waals surface area contributed by atoms with Crippen molar-refractivity contribution < 1.29 is 13.2 Å². The van der Waals surface area contributed by atoms with Gasteiger partial charge in [-0.1, -0.05) is 12.1 Å². The quantitative estimate of drug-likeness (QED) is 0.306. The van der Waals surface area contributed by atoms with Crippen LogP contribution in [-0.4, -0.2) is 60.2 Å². The highest BCUT2D eigenvalue weighted by molar-refractivity contribution is 7.92. The van der Waals surface area contributed by atoms with Gasteiger partial charge in [-0.2, -0.15) is 5.10 Å². The largest absolute Gasteiger partial charge is 0.490 e. The van der Waals surface area contributed by atoms with E-state index in [1.54, 1.807) is 54.1 Å². The second-order valence-electron chi connectivity index (χ2n) is 9.31. The number of nitrogens with one attached hydrogen (secondary N) is 2. The van der Waals surface area contributed by atoms with Crippen molar-refractivity contribution >= 4 is 27.4 Å². The van der Waals surface area contributed by atoms with Crippen molar-refractivity contribution in [1.29, 1.82) is 10.8 Å². The van der Waals surface area contributed by atoms with Gasteiger partial charge in [0.25, 0.3) is 0 Å². The molecule has 2 aromatic carbocycles. The van der Waals surface area contributed by atoms with Gasteiger partial charge in [0.15, 0.2) is 0 Å². The molecule has 3 aromatic rings. The minimum atomic E-state index is -3.61. The van der Waals surface area contributed by atoms with Crippen LogP contribution < -0.4 is 14.8 Å². The number of nitrogen functional groups attached to an aromatic ring is 1. The van der Waals surface area contributed by atoms with Crippen LogP contribution in [-0.2, 0) is 16.6 Å². The van der Waals surface area contributed by atoms with E-state index in [1.165, 1.54) is 10.6 Å². The number of benzene rings is 2. The van der Waals surface area contributed by atoms with E-state index in [2.05, 4.69) is 5.10 Å². The minimum Gasteiger partial charge on any atom is -0.490 e. The number of nitrogens with two attached hydrogens (primary N) is 1. The van der Waals surface area contributed by atoms with Crippen molar-refractivity contribution in [3.05, 3.63) is 71.5 Å². The number of aromatic nitrogens is 2. The van der Waals surface area contributed by atoms with Crippen LogP contribution in [0.5, 0.6) is 5.75 Å². The molecule has 1 aromatic heterocycles. The van der Waals surface area contributed by atoms with Gasteiger partial charge in [-0.15, -0.1) is 0 Å². The molecule has 196 valence electrons. The smallest absolute Gasteiger partial charge is 0.232 e.